The highest BCUT2D eigenvalue weighted by Crippen LogP contribution is 2.47. The summed E-state index contributed by atoms with van der Waals surface area (Å²) in [7, 11) is 0. The summed E-state index contributed by atoms with van der Waals surface area (Å²) in [5.74, 6) is -2.08. The van der Waals surface area contributed by atoms with Crippen molar-refractivity contribution in [3.05, 3.63) is 353 Å². The summed E-state index contributed by atoms with van der Waals surface area (Å²) < 4.78 is 20.3. The molecule has 0 saturated heterocycles. The van der Waals surface area contributed by atoms with Crippen molar-refractivity contribution in [3.63, 3.8) is 0 Å². The standard InChI is InChI=1S/C66H52N4O4/c71-66(59(47-28-48-72-66)73-65(56-41-22-7-23-42-56,57-43-24-8-25-44-57)58-45-26-9-27-46-58)74-61-49-60(69-63(50-29-10-1-11-30-50,51-31-12-2-13-32-51)52-33-14-3-15-34-52)67-62(68-61)70-64(53-35-16-4-17-36-53,54-37-18-5-19-38-54)55-39-20-6-21-40-55/h1-49,71H,(H2,67,68,69,70). The molecule has 360 valence electrons. The van der Waals surface area contributed by atoms with Crippen molar-refractivity contribution in [1.29, 1.82) is 0 Å². The lowest BCUT2D eigenvalue weighted by molar-refractivity contribution is -0.295. The number of benzene rings is 9. The highest BCUT2D eigenvalue weighted by atomic mass is 16.8. The van der Waals surface area contributed by atoms with Gasteiger partial charge in [0.05, 0.1) is 6.26 Å². The van der Waals surface area contributed by atoms with E-state index in [9.17, 15) is 5.11 Å². The summed E-state index contributed by atoms with van der Waals surface area (Å²) in [6.45, 7) is 0. The van der Waals surface area contributed by atoms with Crippen LogP contribution in [0.15, 0.2) is 303 Å². The average Bonchev–Trinajstić information content (AvgIpc) is 3.48. The largest absolute Gasteiger partial charge is 0.466 e. The molecule has 0 spiro atoms. The van der Waals surface area contributed by atoms with E-state index in [2.05, 4.69) is 83.4 Å². The predicted octanol–water partition coefficient (Wildman–Crippen LogP) is 13.7. The molecule has 1 atom stereocenters. The number of hydrogen-bond acceptors (Lipinski definition) is 8. The number of nitrogens with one attached hydrogen (secondary N) is 2. The summed E-state index contributed by atoms with van der Waals surface area (Å²) in [5.41, 5.74) is 4.75. The van der Waals surface area contributed by atoms with Gasteiger partial charge < -0.3 is 30.0 Å². The normalized spacial score (nSPS) is 14.5. The molecule has 0 bridgehead atoms. The van der Waals surface area contributed by atoms with Gasteiger partial charge in [0.2, 0.25) is 17.6 Å². The van der Waals surface area contributed by atoms with Gasteiger partial charge >= 0.3 is 5.97 Å². The molecule has 74 heavy (non-hydrogen) atoms. The fourth-order valence-electron chi connectivity index (χ4n) is 10.1. The third-order valence-corrected chi connectivity index (χ3v) is 13.5. The molecule has 1 aliphatic heterocycles. The topological polar surface area (TPSA) is 97.8 Å². The summed E-state index contributed by atoms with van der Waals surface area (Å²) in [6.07, 6.45) is 4.70. The van der Waals surface area contributed by atoms with Gasteiger partial charge in [0.1, 0.15) is 16.9 Å². The number of allylic oxidation sites excluding steroid dienone is 2. The van der Waals surface area contributed by atoms with Crippen LogP contribution in [0.1, 0.15) is 50.1 Å². The number of hydrogen-bond donors (Lipinski definition) is 3. The molecular formula is C66H52N4O4. The fourth-order valence-corrected chi connectivity index (χ4v) is 10.1. The molecule has 0 saturated carbocycles. The molecule has 1 aromatic heterocycles. The number of aromatic nitrogens is 2. The predicted molar refractivity (Wildman–Crippen MR) is 292 cm³/mol. The highest BCUT2D eigenvalue weighted by Gasteiger charge is 2.49. The Morgan fingerprint density at radius 2 is 0.703 bits per heavy atom. The van der Waals surface area contributed by atoms with Crippen LogP contribution >= 0.6 is 0 Å². The summed E-state index contributed by atoms with van der Waals surface area (Å²) in [6, 6.07) is 93.0. The SMILES string of the molecule is OC1(Oc2cc(NC(c3ccccc3)(c3ccccc3)c3ccccc3)nc(NC(c3ccccc3)(c3ccccc3)c3ccccc3)n2)OC=CC=C1OC(c1ccccc1)(c1ccccc1)c1ccccc1. The molecule has 0 radical (unpaired) electrons. The first-order valence-corrected chi connectivity index (χ1v) is 24.6. The molecule has 10 aromatic rings. The quantitative estimate of drug-likeness (QED) is 0.0613. The minimum absolute atomic E-state index is 0.0291. The van der Waals surface area contributed by atoms with Gasteiger partial charge in [0.15, 0.2) is 5.60 Å². The number of rotatable bonds is 17. The van der Waals surface area contributed by atoms with Crippen LogP contribution in [-0.4, -0.2) is 21.0 Å². The van der Waals surface area contributed by atoms with E-state index in [1.807, 2.05) is 200 Å². The van der Waals surface area contributed by atoms with Gasteiger partial charge in [-0.25, -0.2) is 0 Å². The first-order chi connectivity index (χ1) is 36.5. The number of aliphatic hydroxyl groups is 1. The third-order valence-electron chi connectivity index (χ3n) is 13.5. The maximum absolute atomic E-state index is 13.1. The number of anilines is 2. The molecule has 8 heteroatoms. The zero-order chi connectivity index (χ0) is 50.1. The van der Waals surface area contributed by atoms with Crippen LogP contribution in [0.25, 0.3) is 0 Å². The van der Waals surface area contributed by atoms with E-state index in [0.717, 1.165) is 50.1 Å². The van der Waals surface area contributed by atoms with Crippen molar-refractivity contribution in [2.24, 2.45) is 0 Å². The zero-order valence-corrected chi connectivity index (χ0v) is 40.4. The number of nitrogens with zero attached hydrogens (tertiary/aromatic N) is 2. The Hall–Kier alpha value is -9.50. The van der Waals surface area contributed by atoms with Crippen molar-refractivity contribution in [2.45, 2.75) is 22.7 Å². The Bertz CT molecular complexity index is 3030. The van der Waals surface area contributed by atoms with E-state index in [4.69, 9.17) is 24.2 Å². The minimum Gasteiger partial charge on any atom is -0.466 e. The molecule has 3 N–H and O–H groups in total. The van der Waals surface area contributed by atoms with E-state index in [0.29, 0.717) is 5.82 Å². The van der Waals surface area contributed by atoms with Gasteiger partial charge in [-0.3, -0.25) is 0 Å². The van der Waals surface area contributed by atoms with Crippen LogP contribution in [-0.2, 0) is 26.2 Å². The second-order valence-electron chi connectivity index (χ2n) is 17.9. The molecule has 2 heterocycles. The van der Waals surface area contributed by atoms with Crippen LogP contribution in [0.2, 0.25) is 0 Å². The molecular weight excluding hydrogens is 913 g/mol. The van der Waals surface area contributed by atoms with Crippen molar-refractivity contribution in [1.82, 2.24) is 9.97 Å². The lowest BCUT2D eigenvalue weighted by atomic mass is 9.77. The molecule has 0 fully saturated rings. The van der Waals surface area contributed by atoms with E-state index < -0.39 is 22.7 Å². The van der Waals surface area contributed by atoms with Crippen molar-refractivity contribution in [2.75, 3.05) is 10.6 Å². The lowest BCUT2D eigenvalue weighted by Crippen LogP contribution is -2.46. The van der Waals surface area contributed by atoms with Crippen LogP contribution in [0, 0.1) is 0 Å². The van der Waals surface area contributed by atoms with Gasteiger partial charge in [0.25, 0.3) is 0 Å². The lowest BCUT2D eigenvalue weighted by Gasteiger charge is -2.40. The summed E-state index contributed by atoms with van der Waals surface area (Å²) in [4.78, 5) is 10.5. The van der Waals surface area contributed by atoms with Crippen molar-refractivity contribution < 1.29 is 19.3 Å². The first-order valence-electron chi connectivity index (χ1n) is 24.6. The van der Waals surface area contributed by atoms with E-state index in [1.54, 1.807) is 18.2 Å². The van der Waals surface area contributed by atoms with Crippen molar-refractivity contribution >= 4 is 11.8 Å². The number of ether oxygens (including phenoxy) is 3. The average molecular weight is 965 g/mol. The van der Waals surface area contributed by atoms with Crippen LogP contribution < -0.4 is 15.4 Å². The maximum atomic E-state index is 13.1. The van der Waals surface area contributed by atoms with Crippen molar-refractivity contribution in [3.8, 4) is 5.88 Å². The summed E-state index contributed by atoms with van der Waals surface area (Å²) >= 11 is 0. The highest BCUT2D eigenvalue weighted by molar-refractivity contribution is 5.62. The maximum Gasteiger partial charge on any atom is 0.433 e. The second-order valence-corrected chi connectivity index (χ2v) is 17.9. The van der Waals surface area contributed by atoms with E-state index >= 15 is 0 Å². The molecule has 9 aromatic carbocycles. The van der Waals surface area contributed by atoms with Gasteiger partial charge in [0, 0.05) is 22.8 Å². The third kappa shape index (κ3) is 8.95. The Morgan fingerprint density at radius 3 is 1.04 bits per heavy atom. The molecule has 0 amide bonds. The van der Waals surface area contributed by atoms with Gasteiger partial charge in [-0.2, -0.15) is 9.97 Å². The van der Waals surface area contributed by atoms with Crippen LogP contribution in [0.5, 0.6) is 5.88 Å². The molecule has 1 aliphatic rings. The van der Waals surface area contributed by atoms with E-state index in [1.165, 1.54) is 6.26 Å². The van der Waals surface area contributed by atoms with E-state index in [-0.39, 0.29) is 17.6 Å². The minimum atomic E-state index is -2.56. The van der Waals surface area contributed by atoms with Gasteiger partial charge in [-0.1, -0.05) is 273 Å². The zero-order valence-electron chi connectivity index (χ0n) is 40.4. The van der Waals surface area contributed by atoms with Crippen LogP contribution in [0.4, 0.5) is 11.8 Å². The Balaban J connectivity index is 1.11. The molecule has 8 nitrogen and oxygen atoms in total. The Morgan fingerprint density at radius 1 is 0.392 bits per heavy atom. The second kappa shape index (κ2) is 20.7. The smallest absolute Gasteiger partial charge is 0.433 e. The Kier molecular flexibility index (Phi) is 13.1. The molecule has 1 unspecified atom stereocenters. The monoisotopic (exact) mass is 964 g/mol. The fraction of sp³-hybridized carbons (Fsp3) is 0.0606. The molecule has 11 rings (SSSR count). The summed E-state index contributed by atoms with van der Waals surface area (Å²) in [5, 5.41) is 20.9. The first kappa shape index (κ1) is 46.9. The Labute approximate surface area is 431 Å². The van der Waals surface area contributed by atoms with Crippen LogP contribution in [0.3, 0.4) is 0 Å². The van der Waals surface area contributed by atoms with Gasteiger partial charge in [-0.05, 0) is 45.5 Å². The molecule has 0 aliphatic carbocycles. The van der Waals surface area contributed by atoms with Gasteiger partial charge in [-0.15, -0.1) is 0 Å².